The number of anilines is 1. The SMILES string of the molecule is CCCN(CCC)C(=O)CCN(c1cccc(C)c1C)S(C)(=O)=O. The van der Waals surface area contributed by atoms with Crippen LogP contribution < -0.4 is 4.31 Å². The van der Waals surface area contributed by atoms with Crippen LogP contribution in [0.1, 0.15) is 44.2 Å². The first-order valence-corrected chi connectivity index (χ1v) is 10.4. The Hall–Kier alpha value is -1.56. The predicted molar refractivity (Wildman–Crippen MR) is 99.9 cm³/mol. The summed E-state index contributed by atoms with van der Waals surface area (Å²) in [6.07, 6.45) is 3.19. The largest absolute Gasteiger partial charge is 0.343 e. The van der Waals surface area contributed by atoms with Crippen molar-refractivity contribution in [1.29, 1.82) is 0 Å². The average Bonchev–Trinajstić information content (AvgIpc) is 2.49. The third kappa shape index (κ3) is 5.51. The lowest BCUT2D eigenvalue weighted by Gasteiger charge is -2.27. The van der Waals surface area contributed by atoms with Gasteiger partial charge in [0.05, 0.1) is 11.9 Å². The maximum absolute atomic E-state index is 12.4. The van der Waals surface area contributed by atoms with Crippen LogP contribution in [0.3, 0.4) is 0 Å². The van der Waals surface area contributed by atoms with Gasteiger partial charge in [-0.25, -0.2) is 8.42 Å². The van der Waals surface area contributed by atoms with Crippen molar-refractivity contribution in [1.82, 2.24) is 4.90 Å². The zero-order chi connectivity index (χ0) is 18.3. The number of rotatable bonds is 9. The van der Waals surface area contributed by atoms with Gasteiger partial charge in [-0.3, -0.25) is 9.10 Å². The van der Waals surface area contributed by atoms with E-state index in [-0.39, 0.29) is 18.9 Å². The Kier molecular flexibility index (Phi) is 7.73. The average molecular weight is 355 g/mol. The summed E-state index contributed by atoms with van der Waals surface area (Å²) in [5.41, 5.74) is 2.61. The van der Waals surface area contributed by atoms with E-state index in [2.05, 4.69) is 0 Å². The second kappa shape index (κ2) is 9.06. The summed E-state index contributed by atoms with van der Waals surface area (Å²) < 4.78 is 25.8. The molecule has 0 heterocycles. The third-order valence-electron chi connectivity index (χ3n) is 4.11. The predicted octanol–water partition coefficient (Wildman–Crippen LogP) is 3.11. The summed E-state index contributed by atoms with van der Waals surface area (Å²) >= 11 is 0. The van der Waals surface area contributed by atoms with E-state index in [9.17, 15) is 13.2 Å². The molecule has 0 radical (unpaired) electrons. The summed E-state index contributed by atoms with van der Waals surface area (Å²) in [4.78, 5) is 14.3. The molecule has 24 heavy (non-hydrogen) atoms. The Bertz CT molecular complexity index is 650. The van der Waals surface area contributed by atoms with Gasteiger partial charge in [0, 0.05) is 26.1 Å². The summed E-state index contributed by atoms with van der Waals surface area (Å²) in [6.45, 7) is 9.54. The van der Waals surface area contributed by atoms with Gasteiger partial charge in [0.1, 0.15) is 0 Å². The molecule has 0 spiro atoms. The molecule has 1 aromatic rings. The molecule has 1 aromatic carbocycles. The molecular formula is C18H30N2O3S. The van der Waals surface area contributed by atoms with E-state index in [1.807, 2.05) is 44.7 Å². The molecule has 136 valence electrons. The lowest BCUT2D eigenvalue weighted by Crippen LogP contribution is -2.37. The molecule has 1 amide bonds. The maximum Gasteiger partial charge on any atom is 0.232 e. The lowest BCUT2D eigenvalue weighted by molar-refractivity contribution is -0.131. The van der Waals surface area contributed by atoms with Gasteiger partial charge in [-0.2, -0.15) is 0 Å². The van der Waals surface area contributed by atoms with Gasteiger partial charge in [-0.1, -0.05) is 26.0 Å². The standard InChI is InChI=1S/C18H30N2O3S/c1-6-12-19(13-7-2)18(21)11-14-20(24(5,22)23)17-10-8-9-15(3)16(17)4/h8-10H,6-7,11-14H2,1-5H3. The van der Waals surface area contributed by atoms with Crippen LogP contribution in [0.25, 0.3) is 0 Å². The van der Waals surface area contributed by atoms with Crippen molar-refractivity contribution in [2.45, 2.75) is 47.0 Å². The fraction of sp³-hybridized carbons (Fsp3) is 0.611. The van der Waals surface area contributed by atoms with Crippen LogP contribution in [0.4, 0.5) is 5.69 Å². The molecule has 0 atom stereocenters. The van der Waals surface area contributed by atoms with Crippen LogP contribution in [0.5, 0.6) is 0 Å². The monoisotopic (exact) mass is 354 g/mol. The molecule has 0 aliphatic carbocycles. The second-order valence-corrected chi connectivity index (χ2v) is 8.09. The highest BCUT2D eigenvalue weighted by Gasteiger charge is 2.22. The third-order valence-corrected chi connectivity index (χ3v) is 5.29. The van der Waals surface area contributed by atoms with Crippen molar-refractivity contribution >= 4 is 21.6 Å². The highest BCUT2D eigenvalue weighted by atomic mass is 32.2. The minimum Gasteiger partial charge on any atom is -0.343 e. The van der Waals surface area contributed by atoms with E-state index in [0.29, 0.717) is 5.69 Å². The number of carbonyl (C=O) groups is 1. The van der Waals surface area contributed by atoms with Gasteiger partial charge in [0.15, 0.2) is 0 Å². The number of amides is 1. The lowest BCUT2D eigenvalue weighted by atomic mass is 10.1. The molecule has 0 aromatic heterocycles. The molecule has 0 saturated carbocycles. The molecule has 0 unspecified atom stereocenters. The summed E-state index contributed by atoms with van der Waals surface area (Å²) in [5.74, 6) is 0.0117. The minimum atomic E-state index is -3.44. The highest BCUT2D eigenvalue weighted by molar-refractivity contribution is 7.92. The molecule has 0 aliphatic heterocycles. The van der Waals surface area contributed by atoms with E-state index in [4.69, 9.17) is 0 Å². The molecule has 0 N–H and O–H groups in total. The number of hydrogen-bond donors (Lipinski definition) is 0. The van der Waals surface area contributed by atoms with E-state index in [1.54, 1.807) is 6.07 Å². The summed E-state index contributed by atoms with van der Waals surface area (Å²) in [6, 6.07) is 5.59. The molecule has 6 heteroatoms. The first-order chi connectivity index (χ1) is 11.2. The van der Waals surface area contributed by atoms with Crippen molar-refractivity contribution in [2.75, 3.05) is 30.2 Å². The second-order valence-electron chi connectivity index (χ2n) is 6.18. The quantitative estimate of drug-likeness (QED) is 0.685. The Morgan fingerprint density at radius 2 is 1.62 bits per heavy atom. The Balaban J connectivity index is 2.97. The van der Waals surface area contributed by atoms with Crippen LogP contribution in [-0.2, 0) is 14.8 Å². The molecule has 0 saturated heterocycles. The van der Waals surface area contributed by atoms with Crippen molar-refractivity contribution < 1.29 is 13.2 Å². The zero-order valence-electron chi connectivity index (χ0n) is 15.5. The number of nitrogens with zero attached hydrogens (tertiary/aromatic N) is 2. The first-order valence-electron chi connectivity index (χ1n) is 8.54. The Morgan fingerprint density at radius 3 is 2.12 bits per heavy atom. The van der Waals surface area contributed by atoms with Crippen LogP contribution >= 0.6 is 0 Å². The topological polar surface area (TPSA) is 57.7 Å². The molecule has 0 aliphatic rings. The van der Waals surface area contributed by atoms with Gasteiger partial charge in [0.2, 0.25) is 15.9 Å². The summed E-state index contributed by atoms with van der Waals surface area (Å²) in [5, 5.41) is 0. The van der Waals surface area contributed by atoms with Crippen LogP contribution in [-0.4, -0.2) is 45.1 Å². The van der Waals surface area contributed by atoms with Gasteiger partial charge < -0.3 is 4.90 Å². The summed E-state index contributed by atoms with van der Waals surface area (Å²) in [7, 11) is -3.44. The number of benzene rings is 1. The molecule has 0 fully saturated rings. The minimum absolute atomic E-state index is 0.0117. The molecular weight excluding hydrogens is 324 g/mol. The Labute approximate surface area is 146 Å². The van der Waals surface area contributed by atoms with Gasteiger partial charge in [-0.05, 0) is 43.9 Å². The van der Waals surface area contributed by atoms with Crippen molar-refractivity contribution in [2.24, 2.45) is 0 Å². The fourth-order valence-electron chi connectivity index (χ4n) is 2.73. The Morgan fingerprint density at radius 1 is 1.04 bits per heavy atom. The maximum atomic E-state index is 12.4. The number of hydrogen-bond acceptors (Lipinski definition) is 3. The highest BCUT2D eigenvalue weighted by Crippen LogP contribution is 2.25. The van der Waals surface area contributed by atoms with Crippen molar-refractivity contribution in [3.8, 4) is 0 Å². The van der Waals surface area contributed by atoms with Gasteiger partial charge in [0.25, 0.3) is 0 Å². The number of aryl methyl sites for hydroxylation is 1. The first kappa shape index (κ1) is 20.5. The molecule has 5 nitrogen and oxygen atoms in total. The van der Waals surface area contributed by atoms with E-state index in [1.165, 1.54) is 10.6 Å². The van der Waals surface area contributed by atoms with Crippen LogP contribution in [0.15, 0.2) is 18.2 Å². The number of carbonyl (C=O) groups excluding carboxylic acids is 1. The van der Waals surface area contributed by atoms with Gasteiger partial charge in [-0.15, -0.1) is 0 Å². The zero-order valence-corrected chi connectivity index (χ0v) is 16.3. The molecule has 0 bridgehead atoms. The van der Waals surface area contributed by atoms with E-state index >= 15 is 0 Å². The molecule has 1 rings (SSSR count). The normalized spacial score (nSPS) is 11.4. The van der Waals surface area contributed by atoms with Crippen molar-refractivity contribution in [3.05, 3.63) is 29.3 Å². The van der Waals surface area contributed by atoms with Crippen LogP contribution in [0.2, 0.25) is 0 Å². The van der Waals surface area contributed by atoms with E-state index < -0.39 is 10.0 Å². The fourth-order valence-corrected chi connectivity index (χ4v) is 3.71. The van der Waals surface area contributed by atoms with Crippen molar-refractivity contribution in [3.63, 3.8) is 0 Å². The van der Waals surface area contributed by atoms with Gasteiger partial charge >= 0.3 is 0 Å². The van der Waals surface area contributed by atoms with E-state index in [0.717, 1.165) is 37.1 Å². The van der Waals surface area contributed by atoms with Crippen LogP contribution in [0, 0.1) is 13.8 Å². The number of sulfonamides is 1. The smallest absolute Gasteiger partial charge is 0.232 e.